The fourth-order valence-electron chi connectivity index (χ4n) is 1.54. The van der Waals surface area contributed by atoms with Gasteiger partial charge in [0.15, 0.2) is 0 Å². The number of rotatable bonds is 4. The summed E-state index contributed by atoms with van der Waals surface area (Å²) in [6, 6.07) is 9.54. The van der Waals surface area contributed by atoms with Crippen molar-refractivity contribution >= 4 is 5.82 Å². The van der Waals surface area contributed by atoms with E-state index in [2.05, 4.69) is 16.9 Å². The first-order valence-electron chi connectivity index (χ1n) is 5.61. The number of benzene rings is 1. The molecule has 0 unspecified atom stereocenters. The zero-order valence-corrected chi connectivity index (χ0v) is 9.76. The molecule has 2 rings (SSSR count). The highest BCUT2D eigenvalue weighted by Gasteiger charge is 2.07. The van der Waals surface area contributed by atoms with Crippen molar-refractivity contribution in [1.29, 1.82) is 0 Å². The Morgan fingerprint density at radius 1 is 1.24 bits per heavy atom. The second-order valence-corrected chi connectivity index (χ2v) is 3.67. The summed E-state index contributed by atoms with van der Waals surface area (Å²) in [5.41, 5.74) is 7.38. The van der Waals surface area contributed by atoms with E-state index in [4.69, 9.17) is 10.5 Å². The molecular formula is C13H15N3O. The van der Waals surface area contributed by atoms with E-state index in [1.165, 1.54) is 6.33 Å². The van der Waals surface area contributed by atoms with Crippen LogP contribution in [0.1, 0.15) is 13.3 Å². The number of hydrogen-bond donors (Lipinski definition) is 1. The maximum atomic E-state index is 5.68. The third-order valence-electron chi connectivity index (χ3n) is 2.31. The third-order valence-corrected chi connectivity index (χ3v) is 2.31. The van der Waals surface area contributed by atoms with E-state index in [0.29, 0.717) is 12.4 Å². The smallest absolute Gasteiger partial charge is 0.128 e. The number of anilines is 1. The molecule has 88 valence electrons. The van der Waals surface area contributed by atoms with Crippen molar-refractivity contribution in [2.75, 3.05) is 12.3 Å². The summed E-state index contributed by atoms with van der Waals surface area (Å²) in [7, 11) is 0. The average molecular weight is 229 g/mol. The summed E-state index contributed by atoms with van der Waals surface area (Å²) in [6.07, 6.45) is 2.43. The number of ether oxygens (including phenoxy) is 1. The van der Waals surface area contributed by atoms with Crippen LogP contribution in [0, 0.1) is 0 Å². The normalized spacial score (nSPS) is 10.2. The van der Waals surface area contributed by atoms with Gasteiger partial charge in [0.25, 0.3) is 0 Å². The minimum absolute atomic E-state index is 0.459. The van der Waals surface area contributed by atoms with Crippen LogP contribution in [0.5, 0.6) is 5.75 Å². The van der Waals surface area contributed by atoms with Crippen LogP contribution < -0.4 is 10.5 Å². The first kappa shape index (κ1) is 11.4. The van der Waals surface area contributed by atoms with Gasteiger partial charge in [0.1, 0.15) is 17.9 Å². The van der Waals surface area contributed by atoms with E-state index >= 15 is 0 Å². The fraction of sp³-hybridized carbons (Fsp3) is 0.231. The number of nitrogens with zero attached hydrogens (tertiary/aromatic N) is 2. The molecule has 0 aliphatic heterocycles. The second-order valence-electron chi connectivity index (χ2n) is 3.67. The van der Waals surface area contributed by atoms with Crippen molar-refractivity contribution in [3.63, 3.8) is 0 Å². The lowest BCUT2D eigenvalue weighted by Gasteiger charge is -2.10. The van der Waals surface area contributed by atoms with Crippen molar-refractivity contribution in [2.45, 2.75) is 13.3 Å². The van der Waals surface area contributed by atoms with Crippen LogP contribution in [0.25, 0.3) is 11.3 Å². The molecule has 0 aliphatic rings. The molecular weight excluding hydrogens is 214 g/mol. The van der Waals surface area contributed by atoms with E-state index in [1.807, 2.05) is 24.3 Å². The molecule has 0 atom stereocenters. The number of nitrogen functional groups attached to an aromatic ring is 1. The summed E-state index contributed by atoms with van der Waals surface area (Å²) >= 11 is 0. The van der Waals surface area contributed by atoms with Crippen molar-refractivity contribution in [3.8, 4) is 17.0 Å². The van der Waals surface area contributed by atoms with Gasteiger partial charge in [-0.05, 0) is 18.6 Å². The largest absolute Gasteiger partial charge is 0.493 e. The van der Waals surface area contributed by atoms with Gasteiger partial charge in [0.2, 0.25) is 0 Å². The molecule has 0 fully saturated rings. The van der Waals surface area contributed by atoms with Crippen LogP contribution in [-0.4, -0.2) is 16.6 Å². The third kappa shape index (κ3) is 2.72. The van der Waals surface area contributed by atoms with Crippen LogP contribution in [-0.2, 0) is 0 Å². The molecule has 4 heteroatoms. The number of nitrogens with two attached hydrogens (primary N) is 1. The van der Waals surface area contributed by atoms with Crippen molar-refractivity contribution in [1.82, 2.24) is 9.97 Å². The van der Waals surface area contributed by atoms with Gasteiger partial charge in [-0.2, -0.15) is 0 Å². The fourth-order valence-corrected chi connectivity index (χ4v) is 1.54. The lowest BCUT2D eigenvalue weighted by molar-refractivity contribution is 0.318. The second kappa shape index (κ2) is 5.30. The minimum atomic E-state index is 0.459. The van der Waals surface area contributed by atoms with Crippen molar-refractivity contribution in [3.05, 3.63) is 36.7 Å². The lowest BCUT2D eigenvalue weighted by atomic mass is 10.1. The number of aromatic nitrogens is 2. The van der Waals surface area contributed by atoms with Crippen LogP contribution in [0.3, 0.4) is 0 Å². The van der Waals surface area contributed by atoms with E-state index in [9.17, 15) is 0 Å². The first-order valence-corrected chi connectivity index (χ1v) is 5.61. The Hall–Kier alpha value is -2.10. The summed E-state index contributed by atoms with van der Waals surface area (Å²) < 4.78 is 5.68. The highest BCUT2D eigenvalue weighted by Crippen LogP contribution is 2.28. The van der Waals surface area contributed by atoms with Crippen molar-refractivity contribution < 1.29 is 4.74 Å². The van der Waals surface area contributed by atoms with Crippen LogP contribution in [0.15, 0.2) is 36.7 Å². The average Bonchev–Trinajstić information content (AvgIpc) is 2.37. The van der Waals surface area contributed by atoms with Crippen LogP contribution in [0.2, 0.25) is 0 Å². The standard InChI is InChI=1S/C13H15N3O/c1-2-7-17-12-6-4-3-5-10(12)11-8-13(14)16-9-15-11/h3-6,8-9H,2,7H2,1H3,(H2,14,15,16). The van der Waals surface area contributed by atoms with Gasteiger partial charge in [0.05, 0.1) is 12.3 Å². The number of hydrogen-bond acceptors (Lipinski definition) is 4. The van der Waals surface area contributed by atoms with E-state index in [-0.39, 0.29) is 0 Å². The SMILES string of the molecule is CCCOc1ccccc1-c1cc(N)ncn1. The molecule has 1 aromatic carbocycles. The molecule has 0 bridgehead atoms. The van der Waals surface area contributed by atoms with Gasteiger partial charge in [-0.15, -0.1) is 0 Å². The van der Waals surface area contributed by atoms with E-state index < -0.39 is 0 Å². The molecule has 2 aromatic rings. The van der Waals surface area contributed by atoms with Gasteiger partial charge in [0, 0.05) is 11.6 Å². The predicted octanol–water partition coefficient (Wildman–Crippen LogP) is 2.51. The Morgan fingerprint density at radius 2 is 2.06 bits per heavy atom. The molecule has 0 amide bonds. The Balaban J connectivity index is 2.37. The van der Waals surface area contributed by atoms with Gasteiger partial charge < -0.3 is 10.5 Å². The summed E-state index contributed by atoms with van der Waals surface area (Å²) in [5, 5.41) is 0. The van der Waals surface area contributed by atoms with E-state index in [1.54, 1.807) is 6.07 Å². The molecule has 0 radical (unpaired) electrons. The molecule has 2 N–H and O–H groups in total. The zero-order chi connectivity index (χ0) is 12.1. The Labute approximate surface area is 100 Å². The van der Waals surface area contributed by atoms with Gasteiger partial charge in [-0.25, -0.2) is 9.97 Å². The maximum absolute atomic E-state index is 5.68. The molecule has 1 heterocycles. The van der Waals surface area contributed by atoms with Gasteiger partial charge >= 0.3 is 0 Å². The Morgan fingerprint density at radius 3 is 2.82 bits per heavy atom. The van der Waals surface area contributed by atoms with Gasteiger partial charge in [-0.3, -0.25) is 0 Å². The highest BCUT2D eigenvalue weighted by molar-refractivity contribution is 5.68. The maximum Gasteiger partial charge on any atom is 0.128 e. The minimum Gasteiger partial charge on any atom is -0.493 e. The molecule has 0 saturated heterocycles. The Bertz CT molecular complexity index is 500. The van der Waals surface area contributed by atoms with Crippen LogP contribution >= 0.6 is 0 Å². The first-order chi connectivity index (χ1) is 8.31. The van der Waals surface area contributed by atoms with E-state index in [0.717, 1.165) is 23.4 Å². The quantitative estimate of drug-likeness (QED) is 0.875. The molecule has 1 aromatic heterocycles. The summed E-state index contributed by atoms with van der Waals surface area (Å²) in [4.78, 5) is 8.09. The molecule has 17 heavy (non-hydrogen) atoms. The monoisotopic (exact) mass is 229 g/mol. The highest BCUT2D eigenvalue weighted by atomic mass is 16.5. The Kier molecular flexibility index (Phi) is 3.55. The summed E-state index contributed by atoms with van der Waals surface area (Å²) in [5.74, 6) is 1.28. The van der Waals surface area contributed by atoms with Crippen LogP contribution in [0.4, 0.5) is 5.82 Å². The topological polar surface area (TPSA) is 61.0 Å². The zero-order valence-electron chi connectivity index (χ0n) is 9.76. The molecule has 0 spiro atoms. The molecule has 0 saturated carbocycles. The summed E-state index contributed by atoms with van der Waals surface area (Å²) in [6.45, 7) is 2.77. The number of para-hydroxylation sites is 1. The molecule has 0 aliphatic carbocycles. The van der Waals surface area contributed by atoms with Crippen molar-refractivity contribution in [2.24, 2.45) is 0 Å². The molecule has 4 nitrogen and oxygen atoms in total. The lowest BCUT2D eigenvalue weighted by Crippen LogP contribution is -1.98. The van der Waals surface area contributed by atoms with Gasteiger partial charge in [-0.1, -0.05) is 19.1 Å². The predicted molar refractivity (Wildman–Crippen MR) is 67.7 cm³/mol.